The molecule has 2 aromatic rings. The van der Waals surface area contributed by atoms with E-state index in [1.165, 1.54) is 6.07 Å². The molecule has 0 radical (unpaired) electrons. The van der Waals surface area contributed by atoms with E-state index in [1.807, 2.05) is 0 Å². The van der Waals surface area contributed by atoms with Gasteiger partial charge in [0.05, 0.1) is 20.7 Å². The third-order valence-electron chi connectivity index (χ3n) is 2.87. The number of hydrogen-bond acceptors (Lipinski definition) is 3. The third-order valence-corrected chi connectivity index (χ3v) is 5.46. The summed E-state index contributed by atoms with van der Waals surface area (Å²) in [6.45, 7) is 1.72. The minimum absolute atomic E-state index is 0.130. The molecule has 0 saturated heterocycles. The minimum atomic E-state index is -3.45. The molecule has 3 nitrogen and oxygen atoms in total. The van der Waals surface area contributed by atoms with E-state index in [-0.39, 0.29) is 10.6 Å². The summed E-state index contributed by atoms with van der Waals surface area (Å²) in [5.41, 5.74) is 7.39. The zero-order valence-electron chi connectivity index (χ0n) is 10.7. The lowest BCUT2D eigenvalue weighted by molar-refractivity contribution is 0.594. The van der Waals surface area contributed by atoms with Gasteiger partial charge in [-0.05, 0) is 48.4 Å². The van der Waals surface area contributed by atoms with Crippen LogP contribution >= 0.6 is 23.2 Å². The molecule has 6 heteroatoms. The summed E-state index contributed by atoms with van der Waals surface area (Å²) < 4.78 is 24.8. The molecule has 0 atom stereocenters. The lowest BCUT2D eigenvalue weighted by Gasteiger charge is -2.09. The van der Waals surface area contributed by atoms with Gasteiger partial charge in [-0.2, -0.15) is 0 Å². The smallest absolute Gasteiger partial charge is 0.182 e. The largest absolute Gasteiger partial charge is 0.399 e. The molecule has 0 amide bonds. The molecule has 106 valence electrons. The van der Waals surface area contributed by atoms with Gasteiger partial charge in [-0.15, -0.1) is 0 Å². The fourth-order valence-electron chi connectivity index (χ4n) is 1.95. The summed E-state index contributed by atoms with van der Waals surface area (Å²) in [5.74, 6) is -0.130. The summed E-state index contributed by atoms with van der Waals surface area (Å²) in [7, 11) is -3.45. The van der Waals surface area contributed by atoms with E-state index in [1.54, 1.807) is 37.3 Å². The second-order valence-corrected chi connectivity index (χ2v) is 7.30. The molecule has 0 aliphatic heterocycles. The van der Waals surface area contributed by atoms with E-state index in [0.717, 1.165) is 0 Å². The normalized spacial score (nSPS) is 11.6. The van der Waals surface area contributed by atoms with Crippen molar-refractivity contribution in [3.63, 3.8) is 0 Å². The Hall–Kier alpha value is -1.23. The van der Waals surface area contributed by atoms with Crippen molar-refractivity contribution < 1.29 is 8.42 Å². The Morgan fingerprint density at radius 3 is 2.35 bits per heavy atom. The van der Waals surface area contributed by atoms with Crippen LogP contribution in [0.15, 0.2) is 41.3 Å². The topological polar surface area (TPSA) is 60.2 Å². The summed E-state index contributed by atoms with van der Waals surface area (Å²) in [4.78, 5) is 0.276. The zero-order valence-corrected chi connectivity index (χ0v) is 13.1. The summed E-state index contributed by atoms with van der Waals surface area (Å²) >= 11 is 11.7. The van der Waals surface area contributed by atoms with Crippen LogP contribution in [0.25, 0.3) is 0 Å². The van der Waals surface area contributed by atoms with Crippen LogP contribution in [0, 0.1) is 6.92 Å². The van der Waals surface area contributed by atoms with Crippen molar-refractivity contribution in [2.75, 3.05) is 5.73 Å². The van der Waals surface area contributed by atoms with Crippen LogP contribution in [-0.4, -0.2) is 8.42 Å². The van der Waals surface area contributed by atoms with Crippen LogP contribution in [0.4, 0.5) is 5.69 Å². The van der Waals surface area contributed by atoms with Gasteiger partial charge in [0.25, 0.3) is 0 Å². The van der Waals surface area contributed by atoms with Crippen LogP contribution in [-0.2, 0) is 15.6 Å². The van der Waals surface area contributed by atoms with Gasteiger partial charge < -0.3 is 5.73 Å². The molecule has 0 bridgehead atoms. The first-order valence-corrected chi connectivity index (χ1v) is 8.23. The lowest BCUT2D eigenvalue weighted by Crippen LogP contribution is -2.07. The molecule has 0 aromatic heterocycles. The van der Waals surface area contributed by atoms with Gasteiger partial charge in [-0.3, -0.25) is 0 Å². The first kappa shape index (κ1) is 15.2. The Balaban J connectivity index is 2.38. The number of hydrogen-bond donors (Lipinski definition) is 1. The number of benzene rings is 2. The summed E-state index contributed by atoms with van der Waals surface area (Å²) in [5, 5.41) is 0.741. The Labute approximate surface area is 128 Å². The molecule has 0 saturated carbocycles. The van der Waals surface area contributed by atoms with Crippen LogP contribution < -0.4 is 5.73 Å². The molecule has 0 spiro atoms. The molecule has 2 aromatic carbocycles. The molecule has 2 rings (SSSR count). The number of aryl methyl sites for hydroxylation is 1. The number of anilines is 1. The predicted molar refractivity (Wildman–Crippen MR) is 82.9 cm³/mol. The van der Waals surface area contributed by atoms with Gasteiger partial charge in [0.1, 0.15) is 0 Å². The number of nitrogens with two attached hydrogens (primary N) is 1. The first-order valence-electron chi connectivity index (χ1n) is 5.82. The van der Waals surface area contributed by atoms with Gasteiger partial charge in [-0.25, -0.2) is 8.42 Å². The maximum atomic E-state index is 12.4. The molecule has 0 aliphatic rings. The highest BCUT2D eigenvalue weighted by molar-refractivity contribution is 7.90. The highest BCUT2D eigenvalue weighted by Gasteiger charge is 2.18. The monoisotopic (exact) mass is 329 g/mol. The van der Waals surface area contributed by atoms with Crippen molar-refractivity contribution in [1.29, 1.82) is 0 Å². The fraction of sp³-hybridized carbons (Fsp3) is 0.143. The highest BCUT2D eigenvalue weighted by Crippen LogP contribution is 2.26. The van der Waals surface area contributed by atoms with Crippen molar-refractivity contribution in [1.82, 2.24) is 0 Å². The van der Waals surface area contributed by atoms with E-state index >= 15 is 0 Å². The highest BCUT2D eigenvalue weighted by atomic mass is 35.5. The predicted octanol–water partition coefficient (Wildman–Crippen LogP) is 3.86. The second-order valence-electron chi connectivity index (χ2n) is 4.53. The van der Waals surface area contributed by atoms with Gasteiger partial charge in [0, 0.05) is 5.69 Å². The van der Waals surface area contributed by atoms with E-state index < -0.39 is 9.84 Å². The number of sulfone groups is 1. The van der Waals surface area contributed by atoms with E-state index in [9.17, 15) is 8.42 Å². The van der Waals surface area contributed by atoms with Crippen LogP contribution in [0.2, 0.25) is 10.0 Å². The van der Waals surface area contributed by atoms with E-state index in [0.29, 0.717) is 26.9 Å². The van der Waals surface area contributed by atoms with Crippen molar-refractivity contribution in [3.05, 3.63) is 57.6 Å². The third kappa shape index (κ3) is 3.26. The lowest BCUT2D eigenvalue weighted by atomic mass is 10.2. The van der Waals surface area contributed by atoms with Crippen LogP contribution in [0.1, 0.15) is 11.1 Å². The van der Waals surface area contributed by atoms with Crippen molar-refractivity contribution >= 4 is 38.7 Å². The van der Waals surface area contributed by atoms with Gasteiger partial charge >= 0.3 is 0 Å². The first-order chi connectivity index (χ1) is 9.29. The molecular formula is C14H13Cl2NO2S. The maximum absolute atomic E-state index is 12.4. The van der Waals surface area contributed by atoms with E-state index in [2.05, 4.69) is 0 Å². The Morgan fingerprint density at radius 2 is 1.75 bits per heavy atom. The molecule has 0 fully saturated rings. The van der Waals surface area contributed by atoms with E-state index in [4.69, 9.17) is 28.9 Å². The second kappa shape index (κ2) is 5.64. The number of nitrogen functional groups attached to an aromatic ring is 1. The van der Waals surface area contributed by atoms with Crippen molar-refractivity contribution in [2.24, 2.45) is 0 Å². The number of rotatable bonds is 3. The van der Waals surface area contributed by atoms with Crippen LogP contribution in [0.5, 0.6) is 0 Å². The summed E-state index contributed by atoms with van der Waals surface area (Å²) in [6, 6.07) is 9.55. The SMILES string of the molecule is Cc1cc(N)ccc1S(=O)(=O)Cc1ccc(Cl)c(Cl)c1. The average molecular weight is 330 g/mol. The zero-order chi connectivity index (χ0) is 14.9. The van der Waals surface area contributed by atoms with Gasteiger partial charge in [0.2, 0.25) is 0 Å². The molecule has 2 N–H and O–H groups in total. The van der Waals surface area contributed by atoms with Gasteiger partial charge in [-0.1, -0.05) is 29.3 Å². The molecule has 0 heterocycles. The standard InChI is InChI=1S/C14H13Cl2NO2S/c1-9-6-11(17)3-5-14(9)20(18,19)8-10-2-4-12(15)13(16)7-10/h2-7H,8,17H2,1H3. The van der Waals surface area contributed by atoms with Crippen molar-refractivity contribution in [3.8, 4) is 0 Å². The minimum Gasteiger partial charge on any atom is -0.399 e. The summed E-state index contributed by atoms with van der Waals surface area (Å²) in [6.07, 6.45) is 0. The molecule has 0 unspecified atom stereocenters. The number of halogens is 2. The Bertz CT molecular complexity index is 758. The quantitative estimate of drug-likeness (QED) is 0.870. The molecule has 0 aliphatic carbocycles. The molecular weight excluding hydrogens is 317 g/mol. The Kier molecular flexibility index (Phi) is 4.28. The maximum Gasteiger partial charge on any atom is 0.182 e. The average Bonchev–Trinajstić information content (AvgIpc) is 2.33. The Morgan fingerprint density at radius 1 is 1.05 bits per heavy atom. The van der Waals surface area contributed by atoms with Gasteiger partial charge in [0.15, 0.2) is 9.84 Å². The molecule has 20 heavy (non-hydrogen) atoms. The van der Waals surface area contributed by atoms with Crippen molar-refractivity contribution in [2.45, 2.75) is 17.6 Å². The van der Waals surface area contributed by atoms with Crippen LogP contribution in [0.3, 0.4) is 0 Å². The fourth-order valence-corrected chi connectivity index (χ4v) is 3.87.